The number of rotatable bonds is 4. The van der Waals surface area contributed by atoms with Crippen molar-refractivity contribution in [2.45, 2.75) is 6.42 Å². The van der Waals surface area contributed by atoms with Gasteiger partial charge in [0, 0.05) is 19.8 Å². The molecule has 0 spiro atoms. The van der Waals surface area contributed by atoms with E-state index in [4.69, 9.17) is 11.6 Å². The molecule has 0 radical (unpaired) electrons. The lowest BCUT2D eigenvalue weighted by molar-refractivity contribution is 0.0953. The number of thiophene rings is 1. The zero-order valence-electron chi connectivity index (χ0n) is 11.6. The average molecular weight is 442 g/mol. The van der Waals surface area contributed by atoms with Crippen molar-refractivity contribution in [3.8, 4) is 0 Å². The first-order valence-corrected chi connectivity index (χ1v) is 9.17. The molecule has 3 rings (SSSR count). The van der Waals surface area contributed by atoms with Crippen LogP contribution in [-0.4, -0.2) is 12.5 Å². The molecule has 0 saturated heterocycles. The number of carbonyl (C=O) groups is 1. The fourth-order valence-corrected chi connectivity index (χ4v) is 4.08. The lowest BCUT2D eigenvalue weighted by atomic mass is 10.1. The van der Waals surface area contributed by atoms with Crippen molar-refractivity contribution in [2.24, 2.45) is 0 Å². The fraction of sp³-hybridized carbons (Fsp3) is 0.118. The van der Waals surface area contributed by atoms with E-state index in [0.29, 0.717) is 6.54 Å². The molecule has 2 aromatic carbocycles. The van der Waals surface area contributed by atoms with Crippen LogP contribution >= 0.6 is 45.5 Å². The number of hydrogen-bond donors (Lipinski definition) is 1. The highest BCUT2D eigenvalue weighted by molar-refractivity contribution is 14.1. The molecule has 0 aliphatic carbocycles. The first-order chi connectivity index (χ1) is 10.6. The highest BCUT2D eigenvalue weighted by Crippen LogP contribution is 2.28. The smallest absolute Gasteiger partial charge is 0.252 e. The van der Waals surface area contributed by atoms with Crippen LogP contribution in [0, 0.1) is 3.57 Å². The molecular formula is C17H13ClINOS. The van der Waals surface area contributed by atoms with E-state index < -0.39 is 0 Å². The molecule has 0 unspecified atom stereocenters. The number of amides is 1. The standard InChI is InChI=1S/C17H13ClINOS/c18-12-5-6-16-14(9-12)11(10-22-16)7-8-20-17(21)13-3-1-2-4-15(13)19/h1-6,9-10H,7-8H2,(H,20,21). The topological polar surface area (TPSA) is 29.1 Å². The van der Waals surface area contributed by atoms with Gasteiger partial charge in [0.1, 0.15) is 0 Å². The van der Waals surface area contributed by atoms with E-state index in [1.54, 1.807) is 11.3 Å². The minimum Gasteiger partial charge on any atom is -0.352 e. The van der Waals surface area contributed by atoms with Gasteiger partial charge in [-0.15, -0.1) is 11.3 Å². The summed E-state index contributed by atoms with van der Waals surface area (Å²) in [6.45, 7) is 0.613. The largest absolute Gasteiger partial charge is 0.352 e. The van der Waals surface area contributed by atoms with E-state index in [1.165, 1.54) is 15.6 Å². The molecule has 0 aliphatic rings. The summed E-state index contributed by atoms with van der Waals surface area (Å²) < 4.78 is 2.19. The second-order valence-electron chi connectivity index (χ2n) is 4.89. The van der Waals surface area contributed by atoms with Crippen LogP contribution < -0.4 is 5.32 Å². The van der Waals surface area contributed by atoms with Crippen molar-refractivity contribution in [1.29, 1.82) is 0 Å². The summed E-state index contributed by atoms with van der Waals surface area (Å²) in [6, 6.07) is 13.5. The Labute approximate surface area is 151 Å². The molecule has 1 amide bonds. The summed E-state index contributed by atoms with van der Waals surface area (Å²) in [5, 5.41) is 7.05. The Morgan fingerprint density at radius 3 is 2.86 bits per heavy atom. The zero-order chi connectivity index (χ0) is 15.5. The molecule has 5 heteroatoms. The van der Waals surface area contributed by atoms with E-state index in [1.807, 2.05) is 42.5 Å². The monoisotopic (exact) mass is 441 g/mol. The second-order valence-corrected chi connectivity index (χ2v) is 7.40. The van der Waals surface area contributed by atoms with Gasteiger partial charge in [-0.05, 0) is 75.7 Å². The van der Waals surface area contributed by atoms with E-state index in [9.17, 15) is 4.79 Å². The van der Waals surface area contributed by atoms with Crippen molar-refractivity contribution in [1.82, 2.24) is 5.32 Å². The summed E-state index contributed by atoms with van der Waals surface area (Å²) >= 11 is 9.95. The minimum atomic E-state index is -0.0254. The van der Waals surface area contributed by atoms with Crippen molar-refractivity contribution < 1.29 is 4.79 Å². The van der Waals surface area contributed by atoms with Crippen LogP contribution in [0.5, 0.6) is 0 Å². The van der Waals surface area contributed by atoms with Crippen LogP contribution in [0.3, 0.4) is 0 Å². The van der Waals surface area contributed by atoms with Crippen molar-refractivity contribution in [3.05, 3.63) is 67.6 Å². The van der Waals surface area contributed by atoms with Gasteiger partial charge in [0.2, 0.25) is 0 Å². The highest BCUT2D eigenvalue weighted by Gasteiger charge is 2.09. The fourth-order valence-electron chi connectivity index (χ4n) is 2.30. The van der Waals surface area contributed by atoms with E-state index in [-0.39, 0.29) is 5.91 Å². The minimum absolute atomic E-state index is 0.0254. The molecule has 3 aromatic rings. The van der Waals surface area contributed by atoms with Gasteiger partial charge in [-0.25, -0.2) is 0 Å². The van der Waals surface area contributed by atoms with Gasteiger partial charge in [0.15, 0.2) is 0 Å². The predicted octanol–water partition coefficient (Wildman–Crippen LogP) is 5.13. The van der Waals surface area contributed by atoms with E-state index in [2.05, 4.69) is 33.3 Å². The van der Waals surface area contributed by atoms with Crippen molar-refractivity contribution >= 4 is 61.5 Å². The van der Waals surface area contributed by atoms with Gasteiger partial charge in [-0.1, -0.05) is 23.7 Å². The van der Waals surface area contributed by atoms with E-state index >= 15 is 0 Å². The molecule has 0 saturated carbocycles. The molecule has 0 atom stereocenters. The molecule has 0 fully saturated rings. The first-order valence-electron chi connectivity index (χ1n) is 6.83. The molecular weight excluding hydrogens is 429 g/mol. The lowest BCUT2D eigenvalue weighted by Gasteiger charge is -2.06. The summed E-state index contributed by atoms with van der Waals surface area (Å²) in [4.78, 5) is 12.2. The number of nitrogens with one attached hydrogen (secondary N) is 1. The van der Waals surface area contributed by atoms with Gasteiger partial charge in [-0.2, -0.15) is 0 Å². The Kier molecular flexibility index (Phi) is 5.00. The zero-order valence-corrected chi connectivity index (χ0v) is 15.3. The van der Waals surface area contributed by atoms with Crippen LogP contribution in [0.4, 0.5) is 0 Å². The third kappa shape index (κ3) is 3.45. The van der Waals surface area contributed by atoms with Crippen LogP contribution in [0.2, 0.25) is 5.02 Å². The van der Waals surface area contributed by atoms with Crippen LogP contribution in [0.1, 0.15) is 15.9 Å². The summed E-state index contributed by atoms with van der Waals surface area (Å²) in [6.07, 6.45) is 0.801. The molecule has 1 N–H and O–H groups in total. The average Bonchev–Trinajstić information content (AvgIpc) is 2.90. The quantitative estimate of drug-likeness (QED) is 0.559. The predicted molar refractivity (Wildman–Crippen MR) is 102 cm³/mol. The van der Waals surface area contributed by atoms with Gasteiger partial charge in [0.05, 0.1) is 5.56 Å². The Bertz CT molecular complexity index is 830. The van der Waals surface area contributed by atoms with Crippen LogP contribution in [-0.2, 0) is 6.42 Å². The van der Waals surface area contributed by atoms with E-state index in [0.717, 1.165) is 20.6 Å². The van der Waals surface area contributed by atoms with Crippen molar-refractivity contribution in [2.75, 3.05) is 6.54 Å². The molecule has 22 heavy (non-hydrogen) atoms. The summed E-state index contributed by atoms with van der Waals surface area (Å²) in [5.74, 6) is -0.0254. The Morgan fingerprint density at radius 2 is 2.05 bits per heavy atom. The number of halogens is 2. The normalized spacial score (nSPS) is 10.8. The maximum atomic E-state index is 12.2. The van der Waals surface area contributed by atoms with Gasteiger partial charge < -0.3 is 5.32 Å². The lowest BCUT2D eigenvalue weighted by Crippen LogP contribution is -2.26. The number of carbonyl (C=O) groups excluding carboxylic acids is 1. The highest BCUT2D eigenvalue weighted by atomic mass is 127. The Morgan fingerprint density at radius 1 is 1.23 bits per heavy atom. The van der Waals surface area contributed by atoms with Gasteiger partial charge in [-0.3, -0.25) is 4.79 Å². The van der Waals surface area contributed by atoms with Gasteiger partial charge in [0.25, 0.3) is 5.91 Å². The Hall–Kier alpha value is -1.11. The number of hydrogen-bond acceptors (Lipinski definition) is 2. The molecule has 0 aliphatic heterocycles. The van der Waals surface area contributed by atoms with Crippen molar-refractivity contribution in [3.63, 3.8) is 0 Å². The summed E-state index contributed by atoms with van der Waals surface area (Å²) in [7, 11) is 0. The third-order valence-electron chi connectivity index (χ3n) is 3.41. The molecule has 1 aromatic heterocycles. The molecule has 0 bridgehead atoms. The van der Waals surface area contributed by atoms with Crippen LogP contribution in [0.15, 0.2) is 47.8 Å². The number of fused-ring (bicyclic) bond motifs is 1. The Balaban J connectivity index is 1.66. The SMILES string of the molecule is O=C(NCCc1csc2ccc(Cl)cc12)c1ccccc1I. The molecule has 2 nitrogen and oxygen atoms in total. The summed E-state index contributed by atoms with van der Waals surface area (Å²) in [5.41, 5.74) is 1.95. The molecule has 1 heterocycles. The van der Waals surface area contributed by atoms with Crippen LogP contribution in [0.25, 0.3) is 10.1 Å². The molecule has 112 valence electrons. The third-order valence-corrected chi connectivity index (χ3v) is 5.60. The number of benzene rings is 2. The van der Waals surface area contributed by atoms with Gasteiger partial charge >= 0.3 is 0 Å². The first kappa shape index (κ1) is 15.8. The maximum Gasteiger partial charge on any atom is 0.252 e. The second kappa shape index (κ2) is 6.98. The maximum absolute atomic E-state index is 12.2.